The van der Waals surface area contributed by atoms with E-state index in [-0.39, 0.29) is 12.0 Å². The van der Waals surface area contributed by atoms with Gasteiger partial charge in [0, 0.05) is 41.4 Å². The maximum atomic E-state index is 13.0. The highest BCUT2D eigenvalue weighted by Gasteiger charge is 2.29. The standard InChI is InChI=1S/C28H29NO5/c1-3-29(4-2)19-10-11-21-24(16-19)34-27-22(25(21)20-9-6-5-8-18(20)17-30)12-13-23(31)26(27)28-32-14-7-15-33-28/h5-6,8-13,16,28,30H,3-4,7,14-15,17H2,1-2H3. The third-order valence-electron chi connectivity index (χ3n) is 6.52. The first-order chi connectivity index (χ1) is 16.7. The highest BCUT2D eigenvalue weighted by molar-refractivity contribution is 6.03. The lowest BCUT2D eigenvalue weighted by molar-refractivity contribution is -0.183. The zero-order valence-corrected chi connectivity index (χ0v) is 19.5. The van der Waals surface area contributed by atoms with E-state index in [0.29, 0.717) is 30.1 Å². The molecule has 5 rings (SSSR count). The maximum absolute atomic E-state index is 13.0. The molecule has 2 aliphatic heterocycles. The molecule has 0 saturated carbocycles. The Bertz CT molecular complexity index is 1330. The highest BCUT2D eigenvalue weighted by atomic mass is 16.7. The fraction of sp³-hybridized carbons (Fsp3) is 0.321. The molecular formula is C28H29NO5. The molecule has 6 heteroatoms. The van der Waals surface area contributed by atoms with Gasteiger partial charge in [0.15, 0.2) is 11.7 Å². The van der Waals surface area contributed by atoms with Gasteiger partial charge in [0.25, 0.3) is 0 Å². The van der Waals surface area contributed by atoms with Crippen LogP contribution in [0.1, 0.15) is 37.7 Å². The van der Waals surface area contributed by atoms with Gasteiger partial charge in [0.2, 0.25) is 0 Å². The Labute approximate surface area is 198 Å². The Kier molecular flexibility index (Phi) is 6.37. The van der Waals surface area contributed by atoms with Gasteiger partial charge in [-0.2, -0.15) is 0 Å². The number of anilines is 1. The molecule has 1 N–H and O–H groups in total. The summed E-state index contributed by atoms with van der Waals surface area (Å²) >= 11 is 0. The van der Waals surface area contributed by atoms with Crippen LogP contribution in [0.15, 0.2) is 63.8 Å². The second-order valence-corrected chi connectivity index (χ2v) is 8.43. The Morgan fingerprint density at radius 1 is 0.971 bits per heavy atom. The molecule has 1 fully saturated rings. The van der Waals surface area contributed by atoms with Crippen molar-refractivity contribution < 1.29 is 19.0 Å². The number of fused-ring (bicyclic) bond motifs is 2. The van der Waals surface area contributed by atoms with Crippen LogP contribution in [0.3, 0.4) is 0 Å². The summed E-state index contributed by atoms with van der Waals surface area (Å²) in [7, 11) is 0. The second kappa shape index (κ2) is 9.58. The summed E-state index contributed by atoms with van der Waals surface area (Å²) in [6.07, 6.45) is 0.0239. The normalized spacial score (nSPS) is 14.7. The SMILES string of the molecule is CCN(CC)c1ccc2c(-c3ccccc3CO)c3ccc(=O)c(C4OCCCO4)c-3oc2c1. The zero-order chi connectivity index (χ0) is 23.7. The van der Waals surface area contributed by atoms with Crippen molar-refractivity contribution >= 4 is 16.7 Å². The molecule has 2 aromatic rings. The molecule has 3 aliphatic rings. The van der Waals surface area contributed by atoms with E-state index < -0.39 is 6.29 Å². The first-order valence-corrected chi connectivity index (χ1v) is 11.9. The fourth-order valence-electron chi connectivity index (χ4n) is 4.80. The van der Waals surface area contributed by atoms with Crippen LogP contribution in [-0.4, -0.2) is 31.4 Å². The Balaban J connectivity index is 1.86. The van der Waals surface area contributed by atoms with Crippen molar-refractivity contribution in [3.05, 3.63) is 75.9 Å². The van der Waals surface area contributed by atoms with E-state index in [1.807, 2.05) is 30.3 Å². The molecule has 1 saturated heterocycles. The van der Waals surface area contributed by atoms with Gasteiger partial charge in [-0.05, 0) is 55.7 Å². The first-order valence-electron chi connectivity index (χ1n) is 11.9. The number of nitrogens with zero attached hydrogens (tertiary/aromatic N) is 1. The number of aliphatic hydroxyl groups is 1. The number of aliphatic hydroxyl groups excluding tert-OH is 1. The molecule has 1 aliphatic carbocycles. The minimum atomic E-state index is -0.766. The minimum Gasteiger partial charge on any atom is -0.455 e. The van der Waals surface area contributed by atoms with Crippen molar-refractivity contribution in [2.45, 2.75) is 33.2 Å². The summed E-state index contributed by atoms with van der Waals surface area (Å²) < 4.78 is 18.1. The second-order valence-electron chi connectivity index (χ2n) is 8.43. The summed E-state index contributed by atoms with van der Waals surface area (Å²) in [5, 5.41) is 11.0. The molecule has 6 nitrogen and oxygen atoms in total. The van der Waals surface area contributed by atoms with E-state index in [1.165, 1.54) is 0 Å². The number of hydrogen-bond donors (Lipinski definition) is 1. The van der Waals surface area contributed by atoms with Crippen molar-refractivity contribution in [3.8, 4) is 22.5 Å². The summed E-state index contributed by atoms with van der Waals surface area (Å²) in [5.41, 5.74) is 5.34. The van der Waals surface area contributed by atoms with Gasteiger partial charge in [-0.1, -0.05) is 24.3 Å². The van der Waals surface area contributed by atoms with Gasteiger partial charge in [-0.25, -0.2) is 0 Å². The third-order valence-corrected chi connectivity index (χ3v) is 6.52. The summed E-state index contributed by atoms with van der Waals surface area (Å²) in [6, 6.07) is 17.3. The van der Waals surface area contributed by atoms with Crippen molar-refractivity contribution in [3.63, 3.8) is 0 Å². The van der Waals surface area contributed by atoms with E-state index in [4.69, 9.17) is 13.9 Å². The molecule has 34 heavy (non-hydrogen) atoms. The lowest BCUT2D eigenvalue weighted by atomic mass is 9.89. The molecule has 0 aromatic heterocycles. The number of rotatable bonds is 6. The summed E-state index contributed by atoms with van der Waals surface area (Å²) in [5.74, 6) is 0.464. The zero-order valence-electron chi connectivity index (χ0n) is 19.5. The van der Waals surface area contributed by atoms with Gasteiger partial charge < -0.3 is 23.9 Å². The van der Waals surface area contributed by atoms with Gasteiger partial charge in [-0.15, -0.1) is 0 Å². The Morgan fingerprint density at radius 3 is 2.47 bits per heavy atom. The number of hydrogen-bond acceptors (Lipinski definition) is 6. The van der Waals surface area contributed by atoms with Crippen molar-refractivity contribution in [2.75, 3.05) is 31.2 Å². The van der Waals surface area contributed by atoms with Gasteiger partial charge in [-0.3, -0.25) is 4.79 Å². The van der Waals surface area contributed by atoms with Crippen LogP contribution in [0.4, 0.5) is 5.69 Å². The van der Waals surface area contributed by atoms with E-state index in [1.54, 1.807) is 12.1 Å². The molecule has 0 atom stereocenters. The monoisotopic (exact) mass is 459 g/mol. The van der Waals surface area contributed by atoms with Crippen LogP contribution in [-0.2, 0) is 16.1 Å². The molecule has 0 spiro atoms. The molecule has 2 heterocycles. The van der Waals surface area contributed by atoms with E-state index in [2.05, 4.69) is 30.9 Å². The van der Waals surface area contributed by atoms with Crippen LogP contribution in [0, 0.1) is 0 Å². The van der Waals surface area contributed by atoms with Crippen LogP contribution in [0.2, 0.25) is 0 Å². The van der Waals surface area contributed by atoms with Crippen LogP contribution >= 0.6 is 0 Å². The van der Waals surface area contributed by atoms with Crippen molar-refractivity contribution in [1.82, 2.24) is 0 Å². The van der Waals surface area contributed by atoms with E-state index in [9.17, 15) is 9.90 Å². The van der Waals surface area contributed by atoms with Crippen LogP contribution < -0.4 is 10.3 Å². The molecule has 2 aromatic carbocycles. The lowest BCUT2D eigenvalue weighted by Gasteiger charge is -2.26. The van der Waals surface area contributed by atoms with Crippen LogP contribution in [0.25, 0.3) is 33.4 Å². The van der Waals surface area contributed by atoms with Gasteiger partial charge >= 0.3 is 0 Å². The van der Waals surface area contributed by atoms with Gasteiger partial charge in [0.05, 0.1) is 25.4 Å². The Morgan fingerprint density at radius 2 is 1.74 bits per heavy atom. The molecule has 0 amide bonds. The predicted molar refractivity (Wildman–Crippen MR) is 133 cm³/mol. The lowest BCUT2D eigenvalue weighted by Crippen LogP contribution is -2.24. The topological polar surface area (TPSA) is 72.1 Å². The fourth-order valence-corrected chi connectivity index (χ4v) is 4.80. The molecule has 176 valence electrons. The maximum Gasteiger partial charge on any atom is 0.191 e. The highest BCUT2D eigenvalue weighted by Crippen LogP contribution is 2.44. The molecule has 0 bridgehead atoms. The number of benzene rings is 3. The molecular weight excluding hydrogens is 430 g/mol. The average Bonchev–Trinajstić information content (AvgIpc) is 2.88. The first kappa shape index (κ1) is 22.6. The van der Waals surface area contributed by atoms with E-state index in [0.717, 1.165) is 52.8 Å². The predicted octanol–water partition coefficient (Wildman–Crippen LogP) is 5.34. The summed E-state index contributed by atoms with van der Waals surface area (Å²) in [4.78, 5) is 15.3. The smallest absolute Gasteiger partial charge is 0.191 e. The average molecular weight is 460 g/mol. The van der Waals surface area contributed by atoms with E-state index >= 15 is 0 Å². The van der Waals surface area contributed by atoms with Crippen molar-refractivity contribution in [1.29, 1.82) is 0 Å². The third kappa shape index (κ3) is 3.88. The quantitative estimate of drug-likeness (QED) is 0.393. The van der Waals surface area contributed by atoms with Gasteiger partial charge in [0.1, 0.15) is 11.3 Å². The van der Waals surface area contributed by atoms with Crippen LogP contribution in [0.5, 0.6) is 0 Å². The summed E-state index contributed by atoms with van der Waals surface area (Å²) in [6.45, 7) is 6.94. The molecule has 0 unspecified atom stereocenters. The van der Waals surface area contributed by atoms with Crippen molar-refractivity contribution in [2.24, 2.45) is 0 Å². The largest absolute Gasteiger partial charge is 0.455 e. The number of ether oxygens (including phenoxy) is 2. The molecule has 0 radical (unpaired) electrons. The Hall–Kier alpha value is -3.19. The minimum absolute atomic E-state index is 0.0932.